The number of hydrogen-bond acceptors (Lipinski definition) is 3. The van der Waals surface area contributed by atoms with Gasteiger partial charge in [0.2, 0.25) is 0 Å². The Morgan fingerprint density at radius 3 is 2.74 bits per heavy atom. The van der Waals surface area contributed by atoms with Gasteiger partial charge in [-0.15, -0.1) is 0 Å². The zero-order valence-electron chi connectivity index (χ0n) is 13.0. The van der Waals surface area contributed by atoms with E-state index >= 15 is 0 Å². The van der Waals surface area contributed by atoms with Crippen LogP contribution >= 0.6 is 0 Å². The summed E-state index contributed by atoms with van der Waals surface area (Å²) in [5.41, 5.74) is 2.64. The fourth-order valence-corrected chi connectivity index (χ4v) is 2.22. The topological polar surface area (TPSA) is 58.6 Å². The fourth-order valence-electron chi connectivity index (χ4n) is 2.22. The average Bonchev–Trinajstić information content (AvgIpc) is 2.54. The number of halogens is 1. The van der Waals surface area contributed by atoms with Crippen molar-refractivity contribution in [1.82, 2.24) is 0 Å². The number of carbonyl (C=O) groups is 1. The number of carboxylic acids is 1. The first-order valence-corrected chi connectivity index (χ1v) is 7.54. The summed E-state index contributed by atoms with van der Waals surface area (Å²) in [7, 11) is 0. The van der Waals surface area contributed by atoms with E-state index in [0.29, 0.717) is 19.6 Å². The largest absolute Gasteiger partial charge is 0.491 e. The molecule has 0 heterocycles. The van der Waals surface area contributed by atoms with Crippen LogP contribution in [0.15, 0.2) is 42.5 Å². The lowest BCUT2D eigenvalue weighted by Crippen LogP contribution is -2.02. The van der Waals surface area contributed by atoms with Crippen molar-refractivity contribution in [2.24, 2.45) is 0 Å². The van der Waals surface area contributed by atoms with Gasteiger partial charge in [0, 0.05) is 18.7 Å². The predicted octanol–water partition coefficient (Wildman–Crippen LogP) is 3.85. The van der Waals surface area contributed by atoms with Crippen LogP contribution in [0, 0.1) is 5.82 Å². The molecule has 122 valence electrons. The van der Waals surface area contributed by atoms with Gasteiger partial charge in [0.15, 0.2) is 11.6 Å². The minimum absolute atomic E-state index is 0.105. The van der Waals surface area contributed by atoms with Crippen LogP contribution in [0.4, 0.5) is 10.1 Å². The lowest BCUT2D eigenvalue weighted by Gasteiger charge is -2.10. The van der Waals surface area contributed by atoms with Crippen molar-refractivity contribution in [2.75, 3.05) is 11.9 Å². The van der Waals surface area contributed by atoms with E-state index in [4.69, 9.17) is 9.84 Å². The smallest absolute Gasteiger partial charge is 0.303 e. The quantitative estimate of drug-likeness (QED) is 0.776. The van der Waals surface area contributed by atoms with Crippen LogP contribution in [0.25, 0.3) is 0 Å². The van der Waals surface area contributed by atoms with E-state index in [0.717, 1.165) is 16.8 Å². The number of hydrogen-bond donors (Lipinski definition) is 2. The Morgan fingerprint density at radius 2 is 2.04 bits per heavy atom. The van der Waals surface area contributed by atoms with Gasteiger partial charge in [-0.3, -0.25) is 4.79 Å². The molecule has 2 aromatic carbocycles. The summed E-state index contributed by atoms with van der Waals surface area (Å²) in [6, 6.07) is 12.5. The Bertz CT molecular complexity index is 673. The van der Waals surface area contributed by atoms with E-state index in [1.54, 1.807) is 6.07 Å². The zero-order valence-corrected chi connectivity index (χ0v) is 13.0. The highest BCUT2D eigenvalue weighted by Gasteiger charge is 2.05. The number of carboxylic acid groups (broad SMARTS) is 1. The fraction of sp³-hybridized carbons (Fsp3) is 0.278. The summed E-state index contributed by atoms with van der Waals surface area (Å²) in [5.74, 6) is -0.929. The van der Waals surface area contributed by atoms with Gasteiger partial charge in [-0.25, -0.2) is 4.39 Å². The normalized spacial score (nSPS) is 10.3. The van der Waals surface area contributed by atoms with E-state index < -0.39 is 5.97 Å². The second-order valence-electron chi connectivity index (χ2n) is 5.15. The molecule has 4 nitrogen and oxygen atoms in total. The zero-order chi connectivity index (χ0) is 16.7. The van der Waals surface area contributed by atoms with Crippen LogP contribution in [-0.2, 0) is 17.8 Å². The van der Waals surface area contributed by atoms with Crippen LogP contribution in [0.2, 0.25) is 0 Å². The van der Waals surface area contributed by atoms with Crippen LogP contribution in [0.1, 0.15) is 24.5 Å². The molecular weight excluding hydrogens is 297 g/mol. The summed E-state index contributed by atoms with van der Waals surface area (Å²) in [5, 5.41) is 11.9. The van der Waals surface area contributed by atoms with Crippen molar-refractivity contribution in [2.45, 2.75) is 26.3 Å². The molecule has 0 saturated heterocycles. The minimum atomic E-state index is -0.812. The number of anilines is 1. The molecule has 0 amide bonds. The lowest BCUT2D eigenvalue weighted by atomic mass is 10.1. The maximum Gasteiger partial charge on any atom is 0.303 e. The molecule has 0 saturated carbocycles. The van der Waals surface area contributed by atoms with E-state index in [-0.39, 0.29) is 18.0 Å². The molecule has 0 bridgehead atoms. The number of rotatable bonds is 8. The number of benzene rings is 2. The van der Waals surface area contributed by atoms with E-state index in [1.807, 2.05) is 37.3 Å². The number of ether oxygens (including phenoxy) is 1. The van der Waals surface area contributed by atoms with E-state index in [2.05, 4.69) is 5.32 Å². The second-order valence-corrected chi connectivity index (χ2v) is 5.15. The molecule has 0 spiro atoms. The first-order chi connectivity index (χ1) is 11.1. The summed E-state index contributed by atoms with van der Waals surface area (Å²) in [6.45, 7) is 2.72. The van der Waals surface area contributed by atoms with Crippen LogP contribution in [-0.4, -0.2) is 17.7 Å². The Morgan fingerprint density at radius 1 is 1.22 bits per heavy atom. The van der Waals surface area contributed by atoms with E-state index in [9.17, 15) is 9.18 Å². The molecule has 2 N–H and O–H groups in total. The number of nitrogens with one attached hydrogen (secondary N) is 1. The van der Waals surface area contributed by atoms with Crippen molar-refractivity contribution in [1.29, 1.82) is 0 Å². The Kier molecular flexibility index (Phi) is 5.97. The summed E-state index contributed by atoms with van der Waals surface area (Å²) >= 11 is 0. The second kappa shape index (κ2) is 8.17. The summed E-state index contributed by atoms with van der Waals surface area (Å²) in [6.07, 6.45) is 0.593. The maximum absolute atomic E-state index is 13.8. The number of aryl methyl sites for hydroxylation is 1. The lowest BCUT2D eigenvalue weighted by molar-refractivity contribution is -0.136. The van der Waals surface area contributed by atoms with Crippen molar-refractivity contribution < 1.29 is 19.0 Å². The third-order valence-electron chi connectivity index (χ3n) is 3.35. The molecule has 0 radical (unpaired) electrons. The third-order valence-corrected chi connectivity index (χ3v) is 3.35. The first kappa shape index (κ1) is 16.8. The van der Waals surface area contributed by atoms with Gasteiger partial charge in [0.05, 0.1) is 6.61 Å². The molecule has 2 rings (SSSR count). The molecule has 23 heavy (non-hydrogen) atoms. The first-order valence-electron chi connectivity index (χ1n) is 7.54. The average molecular weight is 317 g/mol. The monoisotopic (exact) mass is 317 g/mol. The van der Waals surface area contributed by atoms with Crippen molar-refractivity contribution in [3.05, 3.63) is 59.4 Å². The molecular formula is C18H20FNO3. The Labute approximate surface area is 134 Å². The molecule has 0 aromatic heterocycles. The van der Waals surface area contributed by atoms with E-state index in [1.165, 1.54) is 6.07 Å². The highest BCUT2D eigenvalue weighted by Crippen LogP contribution is 2.19. The molecule has 0 aliphatic rings. The Balaban J connectivity index is 1.96. The van der Waals surface area contributed by atoms with Crippen molar-refractivity contribution in [3.63, 3.8) is 0 Å². The Hall–Kier alpha value is -2.56. The maximum atomic E-state index is 13.8. The van der Waals surface area contributed by atoms with Gasteiger partial charge >= 0.3 is 5.97 Å². The molecule has 0 unspecified atom stereocenters. The van der Waals surface area contributed by atoms with Crippen molar-refractivity contribution >= 4 is 11.7 Å². The van der Waals surface area contributed by atoms with Gasteiger partial charge in [-0.2, -0.15) is 0 Å². The minimum Gasteiger partial charge on any atom is -0.491 e. The standard InChI is InChI=1S/C18H20FNO3/c1-2-23-17-8-6-14(11-16(17)19)12-20-15-5-3-4-13(10-15)7-9-18(21)22/h3-6,8,10-11,20H,2,7,9,12H2,1H3,(H,21,22). The molecule has 0 atom stereocenters. The van der Waals surface area contributed by atoms with Gasteiger partial charge in [-0.1, -0.05) is 18.2 Å². The van der Waals surface area contributed by atoms with Crippen LogP contribution in [0.5, 0.6) is 5.75 Å². The highest BCUT2D eigenvalue weighted by atomic mass is 19.1. The van der Waals surface area contributed by atoms with Gasteiger partial charge in [-0.05, 0) is 48.7 Å². The summed E-state index contributed by atoms with van der Waals surface area (Å²) < 4.78 is 19.0. The third kappa shape index (κ3) is 5.29. The molecule has 2 aromatic rings. The molecule has 0 aliphatic heterocycles. The van der Waals surface area contributed by atoms with Gasteiger partial charge in [0.1, 0.15) is 0 Å². The summed E-state index contributed by atoms with van der Waals surface area (Å²) in [4.78, 5) is 10.6. The SMILES string of the molecule is CCOc1ccc(CNc2cccc(CCC(=O)O)c2)cc1F. The van der Waals surface area contributed by atoms with Crippen LogP contribution < -0.4 is 10.1 Å². The van der Waals surface area contributed by atoms with Crippen molar-refractivity contribution in [3.8, 4) is 5.75 Å². The molecule has 0 aliphatic carbocycles. The number of aliphatic carboxylic acids is 1. The van der Waals surface area contributed by atoms with Gasteiger partial charge in [0.25, 0.3) is 0 Å². The highest BCUT2D eigenvalue weighted by molar-refractivity contribution is 5.67. The molecule has 0 fully saturated rings. The van der Waals surface area contributed by atoms with Crippen LogP contribution in [0.3, 0.4) is 0 Å². The predicted molar refractivity (Wildman–Crippen MR) is 87.3 cm³/mol. The van der Waals surface area contributed by atoms with Gasteiger partial charge < -0.3 is 15.2 Å². The molecule has 5 heteroatoms.